The van der Waals surface area contributed by atoms with E-state index < -0.39 is 0 Å². The van der Waals surface area contributed by atoms with Crippen LogP contribution in [0.1, 0.15) is 5.56 Å². The molecule has 0 fully saturated rings. The number of nitrogens with two attached hydrogens (primary N) is 2. The Morgan fingerprint density at radius 3 is 2.43 bits per heavy atom. The molecule has 1 aromatic heterocycles. The zero-order valence-electron chi connectivity index (χ0n) is 7.70. The molecule has 14 heavy (non-hydrogen) atoms. The highest BCUT2D eigenvalue weighted by Crippen LogP contribution is 2.18. The van der Waals surface area contributed by atoms with Gasteiger partial charge in [0.05, 0.1) is 5.69 Å². The van der Waals surface area contributed by atoms with Crippen LogP contribution in [0.25, 0.3) is 11.3 Å². The third kappa shape index (κ3) is 1.60. The Hall–Kier alpha value is -1.81. The molecule has 0 bridgehead atoms. The molecule has 1 aromatic carbocycles. The summed E-state index contributed by atoms with van der Waals surface area (Å²) in [5.74, 6) is 0.503. The predicted molar refractivity (Wildman–Crippen MR) is 56.3 cm³/mol. The highest BCUT2D eigenvalue weighted by atomic mass is 15.2. The Morgan fingerprint density at radius 1 is 1.21 bits per heavy atom. The second kappa shape index (κ2) is 3.51. The van der Waals surface area contributed by atoms with E-state index in [0.717, 1.165) is 16.8 Å². The molecular formula is C10H12N4. The summed E-state index contributed by atoms with van der Waals surface area (Å²) in [5.41, 5.74) is 14.1. The van der Waals surface area contributed by atoms with Crippen LogP contribution in [0.15, 0.2) is 30.3 Å². The van der Waals surface area contributed by atoms with Crippen LogP contribution in [-0.2, 0) is 6.54 Å². The third-order valence-electron chi connectivity index (χ3n) is 2.10. The number of aromatic nitrogens is 2. The van der Waals surface area contributed by atoms with Crippen LogP contribution in [-0.4, -0.2) is 10.2 Å². The maximum atomic E-state index is 5.51. The fourth-order valence-corrected chi connectivity index (χ4v) is 1.31. The van der Waals surface area contributed by atoms with Crippen LogP contribution < -0.4 is 11.5 Å². The molecule has 0 aliphatic rings. The van der Waals surface area contributed by atoms with Crippen LogP contribution >= 0.6 is 0 Å². The van der Waals surface area contributed by atoms with E-state index in [0.29, 0.717) is 12.4 Å². The third-order valence-corrected chi connectivity index (χ3v) is 2.10. The van der Waals surface area contributed by atoms with E-state index in [1.807, 2.05) is 24.3 Å². The van der Waals surface area contributed by atoms with E-state index in [4.69, 9.17) is 11.5 Å². The lowest BCUT2D eigenvalue weighted by Crippen LogP contribution is -1.95. The van der Waals surface area contributed by atoms with Gasteiger partial charge in [-0.05, 0) is 11.1 Å². The van der Waals surface area contributed by atoms with Gasteiger partial charge in [0.1, 0.15) is 5.82 Å². The molecule has 1 heterocycles. The van der Waals surface area contributed by atoms with Crippen molar-refractivity contribution in [3.05, 3.63) is 35.9 Å². The monoisotopic (exact) mass is 188 g/mol. The number of nitrogen functional groups attached to an aromatic ring is 1. The van der Waals surface area contributed by atoms with Crippen LogP contribution in [0.4, 0.5) is 5.82 Å². The molecule has 0 aliphatic heterocycles. The molecule has 4 nitrogen and oxygen atoms in total. The standard InChI is InChI=1S/C10H12N4/c11-6-7-1-3-8(4-2-7)9-5-10(12)14-13-9/h1-5H,6,11H2,(H3,12,13,14). The molecule has 0 spiro atoms. The van der Waals surface area contributed by atoms with Crippen molar-refractivity contribution in [2.24, 2.45) is 5.73 Å². The Labute approximate surface area is 81.9 Å². The van der Waals surface area contributed by atoms with E-state index in [-0.39, 0.29) is 0 Å². The summed E-state index contributed by atoms with van der Waals surface area (Å²) in [4.78, 5) is 0. The van der Waals surface area contributed by atoms with Crippen molar-refractivity contribution in [3.8, 4) is 11.3 Å². The summed E-state index contributed by atoms with van der Waals surface area (Å²) in [6.07, 6.45) is 0. The zero-order valence-corrected chi connectivity index (χ0v) is 7.70. The minimum absolute atomic E-state index is 0.503. The summed E-state index contributed by atoms with van der Waals surface area (Å²) < 4.78 is 0. The Morgan fingerprint density at radius 2 is 1.93 bits per heavy atom. The molecule has 0 amide bonds. The van der Waals surface area contributed by atoms with Gasteiger partial charge in [-0.2, -0.15) is 5.10 Å². The second-order valence-electron chi connectivity index (χ2n) is 3.11. The Kier molecular flexibility index (Phi) is 2.20. The zero-order chi connectivity index (χ0) is 9.97. The van der Waals surface area contributed by atoms with Gasteiger partial charge in [-0.1, -0.05) is 24.3 Å². The molecule has 5 N–H and O–H groups in total. The fourth-order valence-electron chi connectivity index (χ4n) is 1.31. The van der Waals surface area contributed by atoms with Gasteiger partial charge in [-0.25, -0.2) is 0 Å². The smallest absolute Gasteiger partial charge is 0.145 e. The van der Waals surface area contributed by atoms with Crippen molar-refractivity contribution in [1.82, 2.24) is 10.2 Å². The van der Waals surface area contributed by atoms with Crippen molar-refractivity contribution < 1.29 is 0 Å². The molecular weight excluding hydrogens is 176 g/mol. The van der Waals surface area contributed by atoms with Gasteiger partial charge in [-0.3, -0.25) is 5.10 Å². The van der Waals surface area contributed by atoms with Gasteiger partial charge in [0, 0.05) is 12.6 Å². The largest absolute Gasteiger partial charge is 0.382 e. The lowest BCUT2D eigenvalue weighted by atomic mass is 10.1. The number of benzene rings is 1. The quantitative estimate of drug-likeness (QED) is 0.660. The van der Waals surface area contributed by atoms with E-state index in [1.54, 1.807) is 6.07 Å². The maximum Gasteiger partial charge on any atom is 0.145 e. The molecule has 4 heteroatoms. The number of hydrogen-bond donors (Lipinski definition) is 3. The van der Waals surface area contributed by atoms with E-state index >= 15 is 0 Å². The topological polar surface area (TPSA) is 80.7 Å². The summed E-state index contributed by atoms with van der Waals surface area (Å²) >= 11 is 0. The average molecular weight is 188 g/mol. The first kappa shape index (κ1) is 8.77. The molecule has 0 atom stereocenters. The van der Waals surface area contributed by atoms with E-state index in [1.165, 1.54) is 0 Å². The molecule has 0 saturated carbocycles. The summed E-state index contributed by atoms with van der Waals surface area (Å²) in [7, 11) is 0. The van der Waals surface area contributed by atoms with Crippen LogP contribution in [0.2, 0.25) is 0 Å². The van der Waals surface area contributed by atoms with E-state index in [2.05, 4.69) is 10.2 Å². The maximum absolute atomic E-state index is 5.51. The van der Waals surface area contributed by atoms with Crippen molar-refractivity contribution in [3.63, 3.8) is 0 Å². The number of H-pyrrole nitrogens is 1. The van der Waals surface area contributed by atoms with Gasteiger partial charge in [0.2, 0.25) is 0 Å². The van der Waals surface area contributed by atoms with Crippen molar-refractivity contribution >= 4 is 5.82 Å². The Balaban J connectivity index is 2.33. The van der Waals surface area contributed by atoms with E-state index in [9.17, 15) is 0 Å². The van der Waals surface area contributed by atoms with Gasteiger partial charge in [-0.15, -0.1) is 0 Å². The van der Waals surface area contributed by atoms with Crippen LogP contribution in [0.5, 0.6) is 0 Å². The lowest BCUT2D eigenvalue weighted by molar-refractivity contribution is 1.07. The summed E-state index contributed by atoms with van der Waals surface area (Å²) in [5, 5.41) is 6.72. The first-order valence-electron chi connectivity index (χ1n) is 4.40. The first-order valence-corrected chi connectivity index (χ1v) is 4.40. The second-order valence-corrected chi connectivity index (χ2v) is 3.11. The molecule has 2 aromatic rings. The number of rotatable bonds is 2. The van der Waals surface area contributed by atoms with Gasteiger partial charge in [0.15, 0.2) is 0 Å². The van der Waals surface area contributed by atoms with Crippen LogP contribution in [0, 0.1) is 0 Å². The Bertz CT molecular complexity index is 416. The SMILES string of the molecule is NCc1ccc(-c2cc(N)n[nH]2)cc1. The molecule has 0 saturated heterocycles. The van der Waals surface area contributed by atoms with Gasteiger partial charge in [0.25, 0.3) is 0 Å². The molecule has 0 aliphatic carbocycles. The molecule has 0 radical (unpaired) electrons. The highest BCUT2D eigenvalue weighted by Gasteiger charge is 2.00. The fraction of sp³-hybridized carbons (Fsp3) is 0.100. The molecule has 0 unspecified atom stereocenters. The normalized spacial score (nSPS) is 10.4. The highest BCUT2D eigenvalue weighted by molar-refractivity contribution is 5.62. The summed E-state index contributed by atoms with van der Waals surface area (Å²) in [6.45, 7) is 0.561. The van der Waals surface area contributed by atoms with Crippen LogP contribution in [0.3, 0.4) is 0 Å². The number of hydrogen-bond acceptors (Lipinski definition) is 3. The molecule has 72 valence electrons. The predicted octanol–water partition coefficient (Wildman–Crippen LogP) is 1.12. The van der Waals surface area contributed by atoms with Gasteiger partial charge < -0.3 is 11.5 Å². The molecule has 2 rings (SSSR count). The van der Waals surface area contributed by atoms with Crippen molar-refractivity contribution in [2.45, 2.75) is 6.54 Å². The number of anilines is 1. The lowest BCUT2D eigenvalue weighted by Gasteiger charge is -1.99. The summed E-state index contributed by atoms with van der Waals surface area (Å²) in [6, 6.07) is 9.78. The number of nitrogens with one attached hydrogen (secondary N) is 1. The minimum atomic E-state index is 0.503. The minimum Gasteiger partial charge on any atom is -0.382 e. The first-order chi connectivity index (χ1) is 6.79. The average Bonchev–Trinajstić information content (AvgIpc) is 2.65. The van der Waals surface area contributed by atoms with Gasteiger partial charge >= 0.3 is 0 Å². The van der Waals surface area contributed by atoms with Crippen molar-refractivity contribution in [1.29, 1.82) is 0 Å². The number of nitrogens with zero attached hydrogens (tertiary/aromatic N) is 1. The van der Waals surface area contributed by atoms with Crippen molar-refractivity contribution in [2.75, 3.05) is 5.73 Å². The number of aromatic amines is 1.